The number of urea groups is 3. The van der Waals surface area contributed by atoms with Crippen LogP contribution in [0.25, 0.3) is 0 Å². The van der Waals surface area contributed by atoms with Gasteiger partial charge in [0.2, 0.25) is 0 Å². The average Bonchev–Trinajstić information content (AvgIpc) is 1.75. The van der Waals surface area contributed by atoms with Gasteiger partial charge in [0.25, 0.3) is 0 Å². The molecule has 1 aromatic carbocycles. The van der Waals surface area contributed by atoms with E-state index in [-0.39, 0.29) is 57.0 Å². The van der Waals surface area contributed by atoms with E-state index in [0.717, 1.165) is 0 Å². The Balaban J connectivity index is 0.000000270. The number of nitrogens with two attached hydrogens (primary N) is 8. The largest absolute Gasteiger partial charge is 0.394 e. The molecule has 38 N–H and O–H groups in total. The Morgan fingerprint density at radius 1 is 0.411 bits per heavy atom. The number of benzene rings is 1. The third-order valence-corrected chi connectivity index (χ3v) is 19.5. The lowest BCUT2D eigenvalue weighted by Crippen LogP contribution is -2.68. The maximum Gasteiger partial charge on any atom is 0.319 e. The van der Waals surface area contributed by atoms with Crippen LogP contribution < -0.4 is 82.7 Å². The summed E-state index contributed by atoms with van der Waals surface area (Å²) < 4.78 is 70.6. The summed E-state index contributed by atoms with van der Waals surface area (Å²) in [4.78, 5) is 41.8. The third-order valence-electron chi connectivity index (χ3n) is 19.5. The molecule has 6 saturated heterocycles. The molecule has 0 spiro atoms. The Morgan fingerprint density at radius 3 is 1.21 bits per heavy atom. The van der Waals surface area contributed by atoms with E-state index in [2.05, 4.69) is 49.9 Å². The molecular weight excluding hydrogens is 1440 g/mol. The maximum atomic E-state index is 12.9. The van der Waals surface area contributed by atoms with Crippen LogP contribution in [0.2, 0.25) is 0 Å². The lowest BCUT2D eigenvalue weighted by Gasteiger charge is -2.47. The minimum Gasteiger partial charge on any atom is -0.394 e. The maximum absolute atomic E-state index is 12.9. The van der Waals surface area contributed by atoms with Crippen LogP contribution in [0.1, 0.15) is 12.8 Å². The zero-order valence-electron chi connectivity index (χ0n) is 57.7. The molecule has 46 heteroatoms. The highest BCUT2D eigenvalue weighted by Crippen LogP contribution is 2.38. The number of carbonyl (C=O) groups is 3. The Bertz CT molecular complexity index is 2940. The topological polar surface area (TPSA) is 775 Å². The van der Waals surface area contributed by atoms with Gasteiger partial charge >= 0.3 is 18.1 Å². The monoisotopic (exact) mass is 1550 g/mol. The molecule has 8 aliphatic rings. The number of amides is 6. The van der Waals surface area contributed by atoms with E-state index in [1.807, 2.05) is 0 Å². The molecule has 9 rings (SSSR count). The second-order valence-electron chi connectivity index (χ2n) is 26.8. The first kappa shape index (κ1) is 87.4. The summed E-state index contributed by atoms with van der Waals surface area (Å²) >= 11 is 0. The molecule has 6 aliphatic heterocycles. The quantitative estimate of drug-likeness (QED) is 0.0221. The molecule has 0 radical (unpaired) electrons. The number of hydrogen-bond donors (Lipinski definition) is 30. The molecule has 46 nitrogen and oxygen atoms in total. The SMILES string of the molecule is C=CCNC(=O)NCC1O[C@H](O[C@@H]2C(O)[C@H](O[C@@H]3C(O)[C@H](N)CC(N)[C@H]3O[C@H]3OC(CN)[C@@H](O)[C@H](O)C3N)O[C@@H]2CO)C(NC(=O)NCC=C)[C@H](O)[C@@H]1O.NCC1O[C@H](O[C@@H]2C(O)[C@H](O[C@@H]3C(O)[C@H](N)CC(N)[C@H]3O[C@H]3OC(CO)[C@@H](O)[C@H](O)C3N)O[C@@H]2CO)C(NC(=O)Nc2ccc(OO)cc2)[C@H](O)[C@@H]1O. The Kier molecular flexibility index (Phi) is 32.6. The fourth-order valence-electron chi connectivity index (χ4n) is 13.4. The average molecular weight is 1550 g/mol. The molecule has 2 aliphatic carbocycles. The molecule has 2 saturated carbocycles. The van der Waals surface area contributed by atoms with Crippen LogP contribution in [0.4, 0.5) is 20.1 Å². The van der Waals surface area contributed by atoms with Crippen molar-refractivity contribution in [2.45, 2.75) is 245 Å². The first-order valence-corrected chi connectivity index (χ1v) is 34.4. The van der Waals surface area contributed by atoms with Crippen molar-refractivity contribution < 1.29 is 158 Å². The normalized spacial score (nSPS) is 44.3. The summed E-state index contributed by atoms with van der Waals surface area (Å²) in [6, 6.07) is -6.17. The highest BCUT2D eigenvalue weighted by atomic mass is 17.1. The van der Waals surface area contributed by atoms with Gasteiger partial charge in [0.05, 0.1) is 44.1 Å². The van der Waals surface area contributed by atoms with Gasteiger partial charge < -0.3 is 216 Å². The number of anilines is 1. The van der Waals surface area contributed by atoms with Gasteiger partial charge in [-0.2, -0.15) is 0 Å². The summed E-state index contributed by atoms with van der Waals surface area (Å²) in [5, 5.41) is 184. The second kappa shape index (κ2) is 39.9. The van der Waals surface area contributed by atoms with E-state index in [0.29, 0.717) is 0 Å². The lowest BCUT2D eigenvalue weighted by molar-refractivity contribution is -0.310. The second-order valence-corrected chi connectivity index (χ2v) is 26.8. The number of rotatable bonds is 27. The summed E-state index contributed by atoms with van der Waals surface area (Å²) in [7, 11) is 0. The number of aliphatic hydroxyl groups is 15. The fraction of sp³-hybridized carbons (Fsp3) is 0.787. The standard InChI is InChI=1S/C31H56N8O15.C30H50N6O17/c1-3-5-36-30(47)38-9-14-20(43)22(45)17(39-31(48)37-6-4-2)28(50-14)53-25-15(10-40)51-29(23(25)46)54-26-18(41)11(33)7-12(34)24(26)52-27-16(35)21(44)19(42)13(8-32)49-27;31-6-13-19(40)22(43)17(36-30(45)35-9-1-3-10(53-46)4-2-9)28(47-13)51-25-15(8-38)49-29(23(25)44)52-26-18(39)11(32)5-12(33)24(26)50-27-16(34)21(42)20(41)14(7-37)48-27/h3-4,11-29,40-46H,1-2,5-10,32-35H2,(H2,36,38,47)(H2,37,39,48);1-4,11-29,37-44,46H,5-8,31-34H2,(H2,35,36,45)/t2*11-,12?,13?,14?,15-,16?,17?,18?,19-,20-,21-,22+,23?,24-,25+,26-,27-,28-,29+/m11/s1. The van der Waals surface area contributed by atoms with Crippen LogP contribution in [0.15, 0.2) is 49.6 Å². The summed E-state index contributed by atoms with van der Waals surface area (Å²) in [5.41, 5.74) is 48.8. The first-order valence-electron chi connectivity index (χ1n) is 34.4. The Morgan fingerprint density at radius 2 is 0.776 bits per heavy atom. The van der Waals surface area contributed by atoms with Gasteiger partial charge in [-0.3, -0.25) is 0 Å². The van der Waals surface area contributed by atoms with Crippen LogP contribution in [-0.4, -0.2) is 385 Å². The molecule has 107 heavy (non-hydrogen) atoms. The molecule has 0 bridgehead atoms. The van der Waals surface area contributed by atoms with E-state index in [4.69, 9.17) is 108 Å². The molecule has 6 heterocycles. The molecule has 38 atom stereocenters. The number of carbonyl (C=O) groups excluding carboxylic acids is 3. The van der Waals surface area contributed by atoms with Gasteiger partial charge in [0, 0.05) is 62.6 Å². The Labute approximate surface area is 611 Å². The van der Waals surface area contributed by atoms with Crippen molar-refractivity contribution >= 4 is 23.8 Å². The third kappa shape index (κ3) is 20.8. The zero-order chi connectivity index (χ0) is 78.6. The van der Waals surface area contributed by atoms with Crippen molar-refractivity contribution in [2.24, 2.45) is 45.9 Å². The van der Waals surface area contributed by atoms with E-state index in [1.165, 1.54) is 36.4 Å². The van der Waals surface area contributed by atoms with Gasteiger partial charge in [-0.1, -0.05) is 12.2 Å². The molecule has 1 aromatic rings. The van der Waals surface area contributed by atoms with Gasteiger partial charge in [-0.05, 0) is 37.1 Å². The van der Waals surface area contributed by atoms with Gasteiger partial charge in [-0.25, -0.2) is 19.6 Å². The van der Waals surface area contributed by atoms with Crippen LogP contribution >= 0.6 is 0 Å². The molecule has 0 aromatic heterocycles. The van der Waals surface area contributed by atoms with E-state index >= 15 is 0 Å². The van der Waals surface area contributed by atoms with Crippen LogP contribution in [-0.2, 0) is 56.8 Å². The minimum absolute atomic E-state index is 0.0151. The molecular formula is C61H106N14O32. The Hall–Kier alpha value is -5.13. The highest BCUT2D eigenvalue weighted by molar-refractivity contribution is 5.89. The van der Waals surface area contributed by atoms with Crippen LogP contribution in [0.3, 0.4) is 0 Å². The summed E-state index contributed by atoms with van der Waals surface area (Å²) in [6.45, 7) is 4.16. The number of ether oxygens (including phenoxy) is 12. The van der Waals surface area contributed by atoms with Crippen molar-refractivity contribution in [1.82, 2.24) is 26.6 Å². The summed E-state index contributed by atoms with van der Waals surface area (Å²) in [6.07, 6.45) is -41.7. The molecule has 8 fully saturated rings. The number of hydrogen-bond acceptors (Lipinski definition) is 40. The molecule has 6 amide bonds. The van der Waals surface area contributed by atoms with Gasteiger partial charge in [0.1, 0.15) is 146 Å². The van der Waals surface area contributed by atoms with E-state index < -0.39 is 270 Å². The first-order chi connectivity index (χ1) is 50.9. The van der Waals surface area contributed by atoms with Crippen molar-refractivity contribution in [1.29, 1.82) is 0 Å². The van der Waals surface area contributed by atoms with E-state index in [9.17, 15) is 91.0 Å². The molecule has 612 valence electrons. The van der Waals surface area contributed by atoms with E-state index in [1.54, 1.807) is 0 Å². The number of nitrogens with one attached hydrogen (secondary N) is 6. The van der Waals surface area contributed by atoms with Crippen molar-refractivity contribution in [3.63, 3.8) is 0 Å². The van der Waals surface area contributed by atoms with Crippen LogP contribution in [0, 0.1) is 0 Å². The van der Waals surface area contributed by atoms with Crippen molar-refractivity contribution in [3.05, 3.63) is 49.6 Å². The predicted octanol–water partition coefficient (Wildman–Crippen LogP) is -15.0. The summed E-state index contributed by atoms with van der Waals surface area (Å²) in [5.74, 6) is 0.0977. The van der Waals surface area contributed by atoms with Crippen molar-refractivity contribution in [2.75, 3.05) is 57.9 Å². The van der Waals surface area contributed by atoms with Crippen LogP contribution in [0.5, 0.6) is 5.75 Å². The minimum atomic E-state index is -1.76. The fourth-order valence-corrected chi connectivity index (χ4v) is 13.4. The zero-order valence-corrected chi connectivity index (χ0v) is 57.7. The van der Waals surface area contributed by atoms with Crippen molar-refractivity contribution in [3.8, 4) is 5.75 Å². The predicted molar refractivity (Wildman–Crippen MR) is 357 cm³/mol. The molecule has 14 unspecified atom stereocenters. The highest BCUT2D eigenvalue weighted by Gasteiger charge is 2.58. The smallest absolute Gasteiger partial charge is 0.319 e. The van der Waals surface area contributed by atoms with Gasteiger partial charge in [-0.15, -0.1) is 13.2 Å². The lowest BCUT2D eigenvalue weighted by atomic mass is 9.84. The van der Waals surface area contributed by atoms with Gasteiger partial charge in [0.15, 0.2) is 43.5 Å². The number of aliphatic hydroxyl groups excluding tert-OH is 15.